The fourth-order valence-corrected chi connectivity index (χ4v) is 4.89. The molecule has 1 aromatic carbocycles. The third-order valence-corrected chi connectivity index (χ3v) is 6.69. The molecule has 2 heterocycles. The number of methoxy groups -OCH3 is 1. The number of nitrogens with zero attached hydrogens (tertiary/aromatic N) is 2. The summed E-state index contributed by atoms with van der Waals surface area (Å²) in [5, 5.41) is 6.25. The van der Waals surface area contributed by atoms with Crippen LogP contribution in [0.4, 0.5) is 0 Å². The summed E-state index contributed by atoms with van der Waals surface area (Å²) in [6.07, 6.45) is 3.17. The third kappa shape index (κ3) is 4.14. The van der Waals surface area contributed by atoms with Crippen molar-refractivity contribution in [2.75, 3.05) is 13.7 Å². The Kier molecular flexibility index (Phi) is 6.20. The van der Waals surface area contributed by atoms with Gasteiger partial charge in [0, 0.05) is 17.3 Å². The Labute approximate surface area is 185 Å². The number of amides is 1. The van der Waals surface area contributed by atoms with Crippen LogP contribution < -0.4 is 5.32 Å². The largest absolute Gasteiger partial charge is 0.466 e. The minimum absolute atomic E-state index is 0.0298. The molecule has 3 aliphatic rings. The molecule has 4 rings (SSSR count). The Morgan fingerprint density at radius 1 is 1.33 bits per heavy atom. The first kappa shape index (κ1) is 21.0. The summed E-state index contributed by atoms with van der Waals surface area (Å²) in [5.74, 6) is 0.150. The van der Waals surface area contributed by atoms with Crippen molar-refractivity contribution in [3.8, 4) is 0 Å². The number of ether oxygens (including phenoxy) is 1. The smallest absolute Gasteiger partial charge is 0.338 e. The third-order valence-electron chi connectivity index (χ3n) is 5.46. The van der Waals surface area contributed by atoms with E-state index >= 15 is 0 Å². The second kappa shape index (κ2) is 8.86. The maximum Gasteiger partial charge on any atom is 0.338 e. The lowest BCUT2D eigenvalue weighted by molar-refractivity contribution is -0.136. The van der Waals surface area contributed by atoms with Crippen molar-refractivity contribution < 1.29 is 14.3 Å². The number of esters is 1. The number of allylic oxidation sites excluding steroid dienone is 1. The van der Waals surface area contributed by atoms with Crippen LogP contribution in [0.25, 0.3) is 0 Å². The van der Waals surface area contributed by atoms with Crippen LogP contribution >= 0.6 is 23.4 Å². The predicted octanol–water partition coefficient (Wildman–Crippen LogP) is 4.39. The number of fused-ring (bicyclic) bond motifs is 1. The minimum atomic E-state index is -0.494. The molecule has 1 atom stereocenters. The molecule has 2 aliphatic heterocycles. The Hall–Kier alpha value is -2.25. The molecule has 30 heavy (non-hydrogen) atoms. The highest BCUT2D eigenvalue weighted by Crippen LogP contribution is 2.46. The van der Waals surface area contributed by atoms with Crippen molar-refractivity contribution in [1.82, 2.24) is 10.2 Å². The lowest BCUT2D eigenvalue weighted by Gasteiger charge is -2.36. The number of carbonyl (C=O) groups excluding carboxylic acids is 2. The first-order valence-electron chi connectivity index (χ1n) is 10.1. The number of nitrogens with one attached hydrogen (secondary N) is 1. The average Bonchev–Trinajstić information content (AvgIpc) is 3.51. The monoisotopic (exact) mass is 445 g/mol. The lowest BCUT2D eigenvalue weighted by atomic mass is 9.93. The van der Waals surface area contributed by atoms with E-state index in [1.807, 2.05) is 35.4 Å². The summed E-state index contributed by atoms with van der Waals surface area (Å²) in [6, 6.07) is 6.96. The maximum absolute atomic E-state index is 12.8. The Bertz CT molecular complexity index is 968. The number of hydrogen-bond donors (Lipinski definition) is 1. The van der Waals surface area contributed by atoms with Gasteiger partial charge >= 0.3 is 5.97 Å². The number of hydrogen-bond acceptors (Lipinski definition) is 6. The Balaban J connectivity index is 1.70. The van der Waals surface area contributed by atoms with Crippen molar-refractivity contribution in [1.29, 1.82) is 0 Å². The highest BCUT2D eigenvalue weighted by atomic mass is 35.5. The first-order valence-corrected chi connectivity index (χ1v) is 11.3. The lowest BCUT2D eigenvalue weighted by Crippen LogP contribution is -2.38. The number of benzene rings is 1. The zero-order valence-electron chi connectivity index (χ0n) is 17.0. The van der Waals surface area contributed by atoms with Crippen molar-refractivity contribution in [3.63, 3.8) is 0 Å². The molecule has 1 fully saturated rings. The van der Waals surface area contributed by atoms with E-state index in [1.165, 1.54) is 31.7 Å². The fraction of sp³-hybridized carbons (Fsp3) is 0.409. The summed E-state index contributed by atoms with van der Waals surface area (Å²) in [6.45, 7) is 2.68. The first-order chi connectivity index (χ1) is 14.5. The molecule has 1 aromatic rings. The number of aliphatic imine (C=N–C) groups is 1. The molecule has 0 spiro atoms. The van der Waals surface area contributed by atoms with E-state index in [4.69, 9.17) is 21.3 Å². The maximum atomic E-state index is 12.8. The van der Waals surface area contributed by atoms with E-state index in [9.17, 15) is 9.59 Å². The highest BCUT2D eigenvalue weighted by Gasteiger charge is 2.42. The summed E-state index contributed by atoms with van der Waals surface area (Å²) in [4.78, 5) is 32.0. The molecular formula is C22H24ClN3O3S. The minimum Gasteiger partial charge on any atom is -0.466 e. The molecule has 0 aromatic heterocycles. The normalized spacial score (nSPS) is 20.5. The molecular weight excluding hydrogens is 422 g/mol. The molecule has 8 heteroatoms. The molecule has 1 unspecified atom stereocenters. The molecule has 1 N–H and O–H groups in total. The van der Waals surface area contributed by atoms with Crippen LogP contribution in [0.5, 0.6) is 0 Å². The van der Waals surface area contributed by atoms with Crippen molar-refractivity contribution in [2.24, 2.45) is 10.9 Å². The Morgan fingerprint density at radius 2 is 2.10 bits per heavy atom. The van der Waals surface area contributed by atoms with Gasteiger partial charge in [0.25, 0.3) is 0 Å². The van der Waals surface area contributed by atoms with Gasteiger partial charge in [-0.15, -0.1) is 0 Å². The number of thioether (sulfide) groups is 1. The molecule has 1 amide bonds. The van der Waals surface area contributed by atoms with Gasteiger partial charge in [-0.1, -0.05) is 48.5 Å². The van der Waals surface area contributed by atoms with Crippen LogP contribution in [0.3, 0.4) is 0 Å². The topological polar surface area (TPSA) is 71.0 Å². The molecule has 0 bridgehead atoms. The number of amidine groups is 1. The molecule has 6 nitrogen and oxygen atoms in total. The molecule has 0 saturated heterocycles. The van der Waals surface area contributed by atoms with Crippen molar-refractivity contribution in [3.05, 3.63) is 57.2 Å². The van der Waals surface area contributed by atoms with Gasteiger partial charge in [-0.3, -0.25) is 4.79 Å². The van der Waals surface area contributed by atoms with Crippen LogP contribution in [0.2, 0.25) is 5.02 Å². The van der Waals surface area contributed by atoms with Crippen molar-refractivity contribution in [2.45, 2.75) is 38.6 Å². The van der Waals surface area contributed by atoms with E-state index in [0.717, 1.165) is 23.0 Å². The van der Waals surface area contributed by atoms with Crippen LogP contribution in [0.1, 0.15) is 44.2 Å². The zero-order valence-corrected chi connectivity index (χ0v) is 18.6. The standard InChI is InChI=1S/C22H24ClN3O3S/c1-3-17-19(21(28)29-2)20(15-6-4-5-7-16(15)23)26-14(12-30-22(26)25-17)10-18(27)24-11-13-8-9-13/h4-7,12-13,20H,3,8-11H2,1-2H3,(H,24,27). The van der Waals surface area contributed by atoms with Gasteiger partial charge in [0.1, 0.15) is 0 Å². The van der Waals surface area contributed by atoms with E-state index in [-0.39, 0.29) is 12.3 Å². The summed E-state index contributed by atoms with van der Waals surface area (Å²) in [5.41, 5.74) is 2.72. The quantitative estimate of drug-likeness (QED) is 0.630. The number of carbonyl (C=O) groups is 2. The predicted molar refractivity (Wildman–Crippen MR) is 119 cm³/mol. The number of halogens is 1. The number of rotatable bonds is 7. The average molecular weight is 446 g/mol. The van der Waals surface area contributed by atoms with Gasteiger partial charge in [0.15, 0.2) is 5.17 Å². The van der Waals surface area contributed by atoms with E-state index in [0.29, 0.717) is 28.6 Å². The summed E-state index contributed by atoms with van der Waals surface area (Å²) < 4.78 is 5.11. The highest BCUT2D eigenvalue weighted by molar-refractivity contribution is 8.16. The SMILES string of the molecule is CCC1=C(C(=O)OC)C(c2ccccc2Cl)N2C(CC(=O)NCC3CC3)=CSC2=N1. The van der Waals surface area contributed by atoms with Crippen LogP contribution in [-0.2, 0) is 14.3 Å². The summed E-state index contributed by atoms with van der Waals surface area (Å²) in [7, 11) is 1.37. The van der Waals surface area contributed by atoms with Crippen molar-refractivity contribution >= 4 is 40.4 Å². The van der Waals surface area contributed by atoms with Crippen LogP contribution in [0.15, 0.2) is 51.6 Å². The second-order valence-electron chi connectivity index (χ2n) is 7.55. The molecule has 1 saturated carbocycles. The molecule has 158 valence electrons. The van der Waals surface area contributed by atoms with Gasteiger partial charge in [-0.2, -0.15) is 0 Å². The van der Waals surface area contributed by atoms with Gasteiger partial charge in [0.05, 0.1) is 30.8 Å². The molecule has 0 radical (unpaired) electrons. The van der Waals surface area contributed by atoms with E-state index in [1.54, 1.807) is 6.07 Å². The van der Waals surface area contributed by atoms with Gasteiger partial charge < -0.3 is 15.0 Å². The van der Waals surface area contributed by atoms with E-state index < -0.39 is 12.0 Å². The fourth-order valence-electron chi connectivity index (χ4n) is 3.71. The zero-order chi connectivity index (χ0) is 21.3. The van der Waals surface area contributed by atoms with Gasteiger partial charge in [0.2, 0.25) is 5.91 Å². The van der Waals surface area contributed by atoms with E-state index in [2.05, 4.69) is 5.32 Å². The summed E-state index contributed by atoms with van der Waals surface area (Å²) >= 11 is 8.01. The van der Waals surface area contributed by atoms with Crippen LogP contribution in [0, 0.1) is 5.92 Å². The van der Waals surface area contributed by atoms with Gasteiger partial charge in [-0.25, -0.2) is 9.79 Å². The van der Waals surface area contributed by atoms with Gasteiger partial charge in [-0.05, 0) is 42.2 Å². The Morgan fingerprint density at radius 3 is 2.77 bits per heavy atom. The molecule has 1 aliphatic carbocycles. The van der Waals surface area contributed by atoms with Crippen LogP contribution in [-0.4, -0.2) is 35.6 Å². The second-order valence-corrected chi connectivity index (χ2v) is 8.79.